The molecular weight excluding hydrogens is 327 g/mol. The van der Waals surface area contributed by atoms with Gasteiger partial charge in [-0.1, -0.05) is 38.1 Å². The molecule has 0 unspecified atom stereocenters. The number of nitrogens with two attached hydrogens (primary N) is 1. The summed E-state index contributed by atoms with van der Waals surface area (Å²) in [6.07, 6.45) is -2.34. The fourth-order valence-corrected chi connectivity index (χ4v) is 3.17. The summed E-state index contributed by atoms with van der Waals surface area (Å²) < 4.78 is 38.9. The first kappa shape index (κ1) is 19.5. The Bertz CT molecular complexity index is 725. The van der Waals surface area contributed by atoms with Crippen LogP contribution in [0.3, 0.4) is 0 Å². The monoisotopic (exact) mass is 351 g/mol. The zero-order valence-electron chi connectivity index (χ0n) is 14.5. The predicted octanol–water partition coefficient (Wildman–Crippen LogP) is 4.24. The topological polar surface area (TPSA) is 46.2 Å². The molecule has 0 radical (unpaired) electrons. The number of halogens is 3. The molecule has 3 rings (SSSR count). The van der Waals surface area contributed by atoms with Gasteiger partial charge in [0.25, 0.3) is 0 Å². The summed E-state index contributed by atoms with van der Waals surface area (Å²) in [4.78, 5) is 0. The molecular formula is C20H24F3NO. The van der Waals surface area contributed by atoms with Gasteiger partial charge in [-0.2, -0.15) is 13.2 Å². The van der Waals surface area contributed by atoms with Gasteiger partial charge in [0.05, 0.1) is 12.2 Å². The summed E-state index contributed by atoms with van der Waals surface area (Å²) in [5, 5.41) is 9.19. The fourth-order valence-electron chi connectivity index (χ4n) is 3.17. The third-order valence-corrected chi connectivity index (χ3v) is 4.21. The van der Waals surface area contributed by atoms with E-state index in [0.29, 0.717) is 12.0 Å². The van der Waals surface area contributed by atoms with Gasteiger partial charge in [0.1, 0.15) is 0 Å². The van der Waals surface area contributed by atoms with E-state index in [1.165, 1.54) is 11.1 Å². The highest BCUT2D eigenvalue weighted by Crippen LogP contribution is 2.31. The smallest absolute Gasteiger partial charge is 0.392 e. The fraction of sp³-hybridized carbons (Fsp3) is 0.400. The summed E-state index contributed by atoms with van der Waals surface area (Å²) in [5.74, 6) is 0. The van der Waals surface area contributed by atoms with Crippen LogP contribution >= 0.6 is 0 Å². The predicted molar refractivity (Wildman–Crippen MR) is 93.3 cm³/mol. The van der Waals surface area contributed by atoms with Crippen LogP contribution in [0.4, 0.5) is 13.2 Å². The zero-order chi connectivity index (χ0) is 18.6. The van der Waals surface area contributed by atoms with Crippen molar-refractivity contribution in [1.82, 2.24) is 0 Å². The first-order chi connectivity index (χ1) is 11.8. The number of hydrogen-bond donors (Lipinski definition) is 2. The van der Waals surface area contributed by atoms with Gasteiger partial charge in [0.15, 0.2) is 0 Å². The number of hydrogen-bond acceptors (Lipinski definition) is 2. The molecule has 0 spiro atoms. The molecule has 25 heavy (non-hydrogen) atoms. The van der Waals surface area contributed by atoms with Crippen molar-refractivity contribution in [2.75, 3.05) is 0 Å². The average Bonchev–Trinajstić information content (AvgIpc) is 2.95. The highest BCUT2D eigenvalue weighted by atomic mass is 19.4. The minimum atomic E-state index is -4.41. The van der Waals surface area contributed by atoms with Crippen molar-refractivity contribution >= 4 is 0 Å². The van der Waals surface area contributed by atoms with Gasteiger partial charge in [0, 0.05) is 6.04 Å². The van der Waals surface area contributed by atoms with Crippen LogP contribution in [-0.4, -0.2) is 11.1 Å². The Morgan fingerprint density at radius 3 is 2.24 bits per heavy atom. The van der Waals surface area contributed by atoms with Crippen molar-refractivity contribution < 1.29 is 18.3 Å². The Morgan fingerprint density at radius 2 is 1.60 bits per heavy atom. The Hall–Kier alpha value is -1.85. The molecule has 1 aliphatic carbocycles. The number of benzene rings is 2. The summed E-state index contributed by atoms with van der Waals surface area (Å²) in [5.41, 5.74) is 9.41. The Morgan fingerprint density at radius 1 is 0.960 bits per heavy atom. The van der Waals surface area contributed by atoms with Crippen LogP contribution in [0.5, 0.6) is 0 Å². The first-order valence-corrected chi connectivity index (χ1v) is 8.52. The van der Waals surface area contributed by atoms with Crippen LogP contribution < -0.4 is 5.73 Å². The number of aliphatic hydroxyl groups is 1. The molecule has 3 N–H and O–H groups in total. The normalized spacial score (nSPS) is 16.2. The van der Waals surface area contributed by atoms with E-state index >= 15 is 0 Å². The quantitative estimate of drug-likeness (QED) is 0.869. The molecule has 0 fully saturated rings. The van der Waals surface area contributed by atoms with E-state index in [9.17, 15) is 18.3 Å². The van der Waals surface area contributed by atoms with Gasteiger partial charge in [-0.05, 0) is 59.2 Å². The SMILES string of the molecule is CC.N[C@H]1Cc2ccc(Cc3cc(CO)cc(C(F)(F)F)c3)cc2C1. The number of alkyl halides is 3. The van der Waals surface area contributed by atoms with Crippen LogP contribution in [0.15, 0.2) is 36.4 Å². The van der Waals surface area contributed by atoms with E-state index in [2.05, 4.69) is 0 Å². The zero-order valence-corrected chi connectivity index (χ0v) is 14.5. The third kappa shape index (κ3) is 4.83. The number of aliphatic hydroxyl groups excluding tert-OH is 1. The van der Waals surface area contributed by atoms with Crippen LogP contribution in [0, 0.1) is 0 Å². The maximum Gasteiger partial charge on any atom is 0.416 e. The van der Waals surface area contributed by atoms with Crippen LogP contribution in [0.1, 0.15) is 47.2 Å². The summed E-state index contributed by atoms with van der Waals surface area (Å²) in [6.45, 7) is 3.59. The van der Waals surface area contributed by atoms with Crippen molar-refractivity contribution in [1.29, 1.82) is 0 Å². The van der Waals surface area contributed by atoms with Crippen molar-refractivity contribution in [3.8, 4) is 0 Å². The lowest BCUT2D eigenvalue weighted by atomic mass is 9.97. The minimum absolute atomic E-state index is 0.134. The average molecular weight is 351 g/mol. The molecule has 0 aromatic heterocycles. The molecule has 136 valence electrons. The molecule has 0 aliphatic heterocycles. The van der Waals surface area contributed by atoms with Crippen molar-refractivity contribution in [3.05, 3.63) is 69.8 Å². The molecule has 0 bridgehead atoms. The van der Waals surface area contributed by atoms with E-state index in [0.717, 1.165) is 30.5 Å². The molecule has 0 heterocycles. The second kappa shape index (κ2) is 8.02. The van der Waals surface area contributed by atoms with E-state index in [1.54, 1.807) is 6.07 Å². The lowest BCUT2D eigenvalue weighted by molar-refractivity contribution is -0.137. The minimum Gasteiger partial charge on any atom is -0.392 e. The molecule has 2 nitrogen and oxygen atoms in total. The summed E-state index contributed by atoms with van der Waals surface area (Å²) >= 11 is 0. The Labute approximate surface area is 146 Å². The van der Waals surface area contributed by atoms with E-state index in [4.69, 9.17) is 5.73 Å². The Balaban J connectivity index is 0.00000109. The van der Waals surface area contributed by atoms with E-state index in [-0.39, 0.29) is 11.6 Å². The number of fused-ring (bicyclic) bond motifs is 1. The molecule has 0 saturated carbocycles. The van der Waals surface area contributed by atoms with Crippen LogP contribution in [-0.2, 0) is 32.0 Å². The third-order valence-electron chi connectivity index (χ3n) is 4.21. The van der Waals surface area contributed by atoms with Crippen molar-refractivity contribution in [2.45, 2.75) is 51.9 Å². The van der Waals surface area contributed by atoms with Crippen LogP contribution in [0.2, 0.25) is 0 Å². The van der Waals surface area contributed by atoms with Crippen LogP contribution in [0.25, 0.3) is 0 Å². The standard InChI is InChI=1S/C18H18F3NO.C2H6/c19-18(20,21)16-6-12(4-13(7-16)10-23)3-11-1-2-14-8-17(22)9-15(14)5-11;1-2/h1-2,4-7,17,23H,3,8-10,22H2;1-2H3/t17-;/m0./s1. The molecule has 0 saturated heterocycles. The molecule has 0 amide bonds. The highest BCUT2D eigenvalue weighted by molar-refractivity contribution is 5.40. The van der Waals surface area contributed by atoms with Crippen molar-refractivity contribution in [3.63, 3.8) is 0 Å². The van der Waals surface area contributed by atoms with Gasteiger partial charge >= 0.3 is 6.18 Å². The molecule has 1 atom stereocenters. The van der Waals surface area contributed by atoms with Crippen molar-refractivity contribution in [2.24, 2.45) is 5.73 Å². The maximum atomic E-state index is 13.0. The highest BCUT2D eigenvalue weighted by Gasteiger charge is 2.31. The largest absolute Gasteiger partial charge is 0.416 e. The Kier molecular flexibility index (Phi) is 6.25. The van der Waals surface area contributed by atoms with Gasteiger partial charge in [-0.3, -0.25) is 0 Å². The van der Waals surface area contributed by atoms with Gasteiger partial charge in [-0.25, -0.2) is 0 Å². The van der Waals surface area contributed by atoms with E-state index in [1.807, 2.05) is 32.0 Å². The first-order valence-electron chi connectivity index (χ1n) is 8.52. The molecule has 5 heteroatoms. The summed E-state index contributed by atoms with van der Waals surface area (Å²) in [7, 11) is 0. The van der Waals surface area contributed by atoms with Gasteiger partial charge in [0.2, 0.25) is 0 Å². The number of rotatable bonds is 3. The van der Waals surface area contributed by atoms with E-state index < -0.39 is 18.3 Å². The molecule has 1 aliphatic rings. The lowest BCUT2D eigenvalue weighted by Crippen LogP contribution is -2.18. The summed E-state index contributed by atoms with van der Waals surface area (Å²) in [6, 6.07) is 9.88. The molecule has 2 aromatic rings. The second-order valence-corrected chi connectivity index (χ2v) is 6.14. The van der Waals surface area contributed by atoms with Gasteiger partial charge in [-0.15, -0.1) is 0 Å². The second-order valence-electron chi connectivity index (χ2n) is 6.14. The molecule has 2 aromatic carbocycles. The van der Waals surface area contributed by atoms with Gasteiger partial charge < -0.3 is 10.8 Å². The lowest BCUT2D eigenvalue weighted by Gasteiger charge is -2.12. The maximum absolute atomic E-state index is 13.0.